The van der Waals surface area contributed by atoms with Gasteiger partial charge in [0, 0.05) is 23.5 Å². The number of pyridine rings is 1. The second kappa shape index (κ2) is 8.15. The molecule has 0 aliphatic rings. The van der Waals surface area contributed by atoms with Crippen molar-refractivity contribution in [1.29, 1.82) is 5.26 Å². The van der Waals surface area contributed by atoms with E-state index in [1.807, 2.05) is 18.2 Å². The number of halogens is 1. The number of anilines is 2. The Morgan fingerprint density at radius 2 is 1.88 bits per heavy atom. The van der Waals surface area contributed by atoms with Gasteiger partial charge in [0.1, 0.15) is 11.8 Å². The summed E-state index contributed by atoms with van der Waals surface area (Å²) in [6.07, 6.45) is 1.55. The zero-order valence-corrected chi connectivity index (χ0v) is 14.5. The van der Waals surface area contributed by atoms with Gasteiger partial charge in [-0.1, -0.05) is 35.9 Å². The highest BCUT2D eigenvalue weighted by Gasteiger charge is 2.09. The van der Waals surface area contributed by atoms with Gasteiger partial charge in [-0.15, -0.1) is 0 Å². The largest absolute Gasteiger partial charge is 0.354 e. The fourth-order valence-electron chi connectivity index (χ4n) is 2.35. The second-order valence-electron chi connectivity index (χ2n) is 5.52. The van der Waals surface area contributed by atoms with Crippen LogP contribution in [0, 0.1) is 11.3 Å². The van der Waals surface area contributed by atoms with Gasteiger partial charge in [0.15, 0.2) is 0 Å². The molecule has 0 saturated carbocycles. The van der Waals surface area contributed by atoms with Crippen molar-refractivity contribution >= 4 is 28.9 Å². The van der Waals surface area contributed by atoms with E-state index in [0.717, 1.165) is 5.56 Å². The first kappa shape index (κ1) is 17.5. The Balaban J connectivity index is 1.69. The Bertz CT molecular complexity index is 964. The van der Waals surface area contributed by atoms with Gasteiger partial charge in [0.2, 0.25) is 0 Å². The molecule has 0 unspecified atom stereocenters. The van der Waals surface area contributed by atoms with Crippen LogP contribution in [0.25, 0.3) is 0 Å². The Kier molecular flexibility index (Phi) is 5.47. The highest BCUT2D eigenvalue weighted by molar-refractivity contribution is 6.30. The lowest BCUT2D eigenvalue weighted by Gasteiger charge is -2.10. The monoisotopic (exact) mass is 362 g/mol. The first-order chi connectivity index (χ1) is 12.7. The van der Waals surface area contributed by atoms with Gasteiger partial charge in [-0.05, 0) is 42.0 Å². The van der Waals surface area contributed by atoms with Gasteiger partial charge in [0.05, 0.1) is 11.3 Å². The number of carbonyl (C=O) groups excluding carboxylic acids is 1. The first-order valence-electron chi connectivity index (χ1n) is 7.90. The van der Waals surface area contributed by atoms with Gasteiger partial charge in [0.25, 0.3) is 5.91 Å². The molecule has 6 heteroatoms. The predicted molar refractivity (Wildman–Crippen MR) is 101 cm³/mol. The summed E-state index contributed by atoms with van der Waals surface area (Å²) in [6, 6.07) is 19.9. The van der Waals surface area contributed by atoms with Crippen LogP contribution in [0.3, 0.4) is 0 Å². The zero-order chi connectivity index (χ0) is 18.4. The molecule has 2 aromatic carbocycles. The lowest BCUT2D eigenvalue weighted by molar-refractivity contribution is 0.0946. The number of carbonyl (C=O) groups is 1. The number of benzene rings is 2. The van der Waals surface area contributed by atoms with Gasteiger partial charge in [-0.2, -0.15) is 5.26 Å². The van der Waals surface area contributed by atoms with Crippen LogP contribution in [0.15, 0.2) is 66.9 Å². The number of nitrogens with zero attached hydrogens (tertiary/aromatic N) is 2. The van der Waals surface area contributed by atoms with E-state index in [9.17, 15) is 4.79 Å². The molecule has 1 heterocycles. The van der Waals surface area contributed by atoms with Crippen LogP contribution in [0.2, 0.25) is 5.02 Å². The van der Waals surface area contributed by atoms with E-state index in [4.69, 9.17) is 16.9 Å². The number of nitrogens with one attached hydrogen (secondary N) is 2. The third kappa shape index (κ3) is 4.38. The average Bonchev–Trinajstić information content (AvgIpc) is 2.68. The summed E-state index contributed by atoms with van der Waals surface area (Å²) < 4.78 is 0. The Morgan fingerprint density at radius 1 is 1.12 bits per heavy atom. The average molecular weight is 363 g/mol. The van der Waals surface area contributed by atoms with Crippen LogP contribution in [0.1, 0.15) is 21.6 Å². The molecule has 0 saturated heterocycles. The van der Waals surface area contributed by atoms with Crippen molar-refractivity contribution < 1.29 is 4.79 Å². The van der Waals surface area contributed by atoms with Gasteiger partial charge >= 0.3 is 0 Å². The standard InChI is InChI=1S/C20H15ClN4O/c21-16-7-5-14(6-8-16)13-24-20(26)19-11-17(9-10-23-19)25-18-4-2-1-3-15(18)12-22/h1-11H,13H2,(H,23,25)(H,24,26). The number of hydrogen-bond acceptors (Lipinski definition) is 4. The number of nitriles is 1. The molecule has 3 rings (SSSR count). The number of para-hydroxylation sites is 1. The SMILES string of the molecule is N#Cc1ccccc1Nc1ccnc(C(=O)NCc2ccc(Cl)cc2)c1. The fourth-order valence-corrected chi connectivity index (χ4v) is 2.48. The van der Waals surface area contributed by atoms with Gasteiger partial charge in [-0.3, -0.25) is 9.78 Å². The van der Waals surface area contributed by atoms with Crippen molar-refractivity contribution in [2.75, 3.05) is 5.32 Å². The summed E-state index contributed by atoms with van der Waals surface area (Å²) in [4.78, 5) is 16.4. The van der Waals surface area contributed by atoms with Crippen molar-refractivity contribution in [3.8, 4) is 6.07 Å². The molecule has 0 atom stereocenters. The molecule has 1 amide bonds. The van der Waals surface area contributed by atoms with E-state index >= 15 is 0 Å². The smallest absolute Gasteiger partial charge is 0.270 e. The first-order valence-corrected chi connectivity index (χ1v) is 8.28. The molecule has 0 aliphatic heterocycles. The summed E-state index contributed by atoms with van der Waals surface area (Å²) >= 11 is 5.85. The molecule has 0 aliphatic carbocycles. The van der Waals surface area contributed by atoms with Crippen LogP contribution in [0.4, 0.5) is 11.4 Å². The Hall–Kier alpha value is -3.36. The third-order valence-corrected chi connectivity index (χ3v) is 3.94. The zero-order valence-electron chi connectivity index (χ0n) is 13.7. The van der Waals surface area contributed by atoms with E-state index in [2.05, 4.69) is 21.7 Å². The van der Waals surface area contributed by atoms with Gasteiger partial charge in [-0.25, -0.2) is 0 Å². The fraction of sp³-hybridized carbons (Fsp3) is 0.0500. The molecular weight excluding hydrogens is 348 g/mol. The van der Waals surface area contributed by atoms with E-state index < -0.39 is 0 Å². The molecule has 26 heavy (non-hydrogen) atoms. The number of amides is 1. The van der Waals surface area contributed by atoms with E-state index in [1.165, 1.54) is 0 Å². The van der Waals surface area contributed by atoms with Crippen LogP contribution >= 0.6 is 11.6 Å². The van der Waals surface area contributed by atoms with Crippen LogP contribution in [-0.4, -0.2) is 10.9 Å². The summed E-state index contributed by atoms with van der Waals surface area (Å²) in [7, 11) is 0. The lowest BCUT2D eigenvalue weighted by atomic mass is 10.2. The number of hydrogen-bond donors (Lipinski definition) is 2. The summed E-state index contributed by atoms with van der Waals surface area (Å²) in [6.45, 7) is 0.382. The maximum absolute atomic E-state index is 12.3. The molecule has 1 aromatic heterocycles. The highest BCUT2D eigenvalue weighted by Crippen LogP contribution is 2.20. The Morgan fingerprint density at radius 3 is 2.65 bits per heavy atom. The molecule has 0 spiro atoms. The molecule has 0 radical (unpaired) electrons. The maximum atomic E-state index is 12.3. The van der Waals surface area contributed by atoms with E-state index in [1.54, 1.807) is 48.7 Å². The second-order valence-corrected chi connectivity index (χ2v) is 5.96. The van der Waals surface area contributed by atoms with Crippen LogP contribution in [-0.2, 0) is 6.54 Å². The summed E-state index contributed by atoms with van der Waals surface area (Å²) in [5, 5.41) is 15.8. The minimum atomic E-state index is -0.280. The van der Waals surface area contributed by atoms with E-state index in [-0.39, 0.29) is 5.91 Å². The minimum Gasteiger partial charge on any atom is -0.354 e. The quantitative estimate of drug-likeness (QED) is 0.710. The van der Waals surface area contributed by atoms with Crippen LogP contribution < -0.4 is 10.6 Å². The summed E-state index contributed by atoms with van der Waals surface area (Å²) in [5.41, 5.74) is 3.12. The summed E-state index contributed by atoms with van der Waals surface area (Å²) in [5.74, 6) is -0.280. The predicted octanol–water partition coefficient (Wildman–Crippen LogP) is 4.28. The topological polar surface area (TPSA) is 77.8 Å². The molecule has 0 fully saturated rings. The minimum absolute atomic E-state index is 0.280. The van der Waals surface area contributed by atoms with Crippen molar-refractivity contribution in [2.24, 2.45) is 0 Å². The third-order valence-electron chi connectivity index (χ3n) is 3.69. The lowest BCUT2D eigenvalue weighted by Crippen LogP contribution is -2.23. The molecule has 128 valence electrons. The van der Waals surface area contributed by atoms with Crippen LogP contribution in [0.5, 0.6) is 0 Å². The van der Waals surface area contributed by atoms with Crippen molar-refractivity contribution in [3.05, 3.63) is 88.7 Å². The normalized spacial score (nSPS) is 10.0. The Labute approximate surface area is 156 Å². The maximum Gasteiger partial charge on any atom is 0.270 e. The molecule has 3 aromatic rings. The molecule has 5 nitrogen and oxygen atoms in total. The van der Waals surface area contributed by atoms with Crippen molar-refractivity contribution in [1.82, 2.24) is 10.3 Å². The van der Waals surface area contributed by atoms with Crippen molar-refractivity contribution in [2.45, 2.75) is 6.54 Å². The van der Waals surface area contributed by atoms with Gasteiger partial charge < -0.3 is 10.6 Å². The highest BCUT2D eigenvalue weighted by atomic mass is 35.5. The number of aromatic nitrogens is 1. The molecular formula is C20H15ClN4O. The molecule has 0 bridgehead atoms. The molecule has 2 N–H and O–H groups in total. The van der Waals surface area contributed by atoms with E-state index in [0.29, 0.717) is 34.2 Å². The number of rotatable bonds is 5. The van der Waals surface area contributed by atoms with Crippen molar-refractivity contribution in [3.63, 3.8) is 0 Å².